The molecule has 0 heterocycles. The summed E-state index contributed by atoms with van der Waals surface area (Å²) in [5, 5.41) is 9.60. The molecular formula is C19H36N2O. The molecule has 2 aliphatic carbocycles. The molecule has 0 N–H and O–H groups in total. The summed E-state index contributed by atoms with van der Waals surface area (Å²) in [6, 6.07) is 0.442. The quantitative estimate of drug-likeness (QED) is 0.554. The number of rotatable bonds is 3. The van der Waals surface area contributed by atoms with E-state index in [1.54, 1.807) is 0 Å². The van der Waals surface area contributed by atoms with Crippen molar-refractivity contribution in [2.75, 3.05) is 7.11 Å². The van der Waals surface area contributed by atoms with Gasteiger partial charge in [0, 0.05) is 7.11 Å². The molecule has 2 saturated carbocycles. The average Bonchev–Trinajstić information content (AvgIpc) is 2.75. The van der Waals surface area contributed by atoms with Crippen LogP contribution in [-0.2, 0) is 4.74 Å². The Morgan fingerprint density at radius 2 is 1.14 bits per heavy atom. The first kappa shape index (κ1) is 17.9. The molecule has 0 radical (unpaired) electrons. The highest BCUT2D eigenvalue weighted by Crippen LogP contribution is 2.31. The first-order valence-corrected chi connectivity index (χ1v) is 9.82. The summed E-state index contributed by atoms with van der Waals surface area (Å²) in [7, 11) is 1.83. The molecule has 128 valence electrons. The Morgan fingerprint density at radius 3 is 1.64 bits per heavy atom. The molecule has 3 nitrogen and oxygen atoms in total. The lowest BCUT2D eigenvalue weighted by atomic mass is 10.0. The molecule has 2 fully saturated rings. The van der Waals surface area contributed by atoms with Crippen LogP contribution >= 0.6 is 0 Å². The average molecular weight is 309 g/mol. The summed E-state index contributed by atoms with van der Waals surface area (Å²) in [6.45, 7) is 0. The predicted molar refractivity (Wildman–Crippen MR) is 92.3 cm³/mol. The third kappa shape index (κ3) is 6.36. The molecule has 0 aromatic rings. The largest absolute Gasteiger partial charge is 0.355 e. The number of hydrogen-bond acceptors (Lipinski definition) is 3. The highest BCUT2D eigenvalue weighted by molar-refractivity contribution is 4.79. The minimum Gasteiger partial charge on any atom is -0.355 e. The van der Waals surface area contributed by atoms with Crippen LogP contribution in [-0.4, -0.2) is 18.9 Å². The Bertz CT molecular complexity index is 297. The molecule has 2 rings (SSSR count). The monoisotopic (exact) mass is 308 g/mol. The van der Waals surface area contributed by atoms with Crippen LogP contribution in [0.5, 0.6) is 0 Å². The predicted octanol–water partition coefficient (Wildman–Crippen LogP) is 6.42. The van der Waals surface area contributed by atoms with Crippen LogP contribution in [0.4, 0.5) is 0 Å². The maximum atomic E-state index is 5.88. The SMILES string of the molecule is COC1(/N=N/C2CCCCCCCC2)CCCCCCCC1. The van der Waals surface area contributed by atoms with E-state index in [0.717, 1.165) is 12.8 Å². The van der Waals surface area contributed by atoms with Crippen molar-refractivity contribution >= 4 is 0 Å². The topological polar surface area (TPSA) is 34.0 Å². The van der Waals surface area contributed by atoms with E-state index in [1.807, 2.05) is 7.11 Å². The van der Waals surface area contributed by atoms with E-state index in [2.05, 4.69) is 0 Å². The summed E-state index contributed by atoms with van der Waals surface area (Å²) < 4.78 is 5.88. The zero-order valence-corrected chi connectivity index (χ0v) is 14.7. The Morgan fingerprint density at radius 1 is 0.682 bits per heavy atom. The molecule has 0 bridgehead atoms. The lowest BCUT2D eigenvalue weighted by molar-refractivity contribution is -0.0267. The number of methoxy groups -OCH3 is 1. The normalized spacial score (nSPS) is 26.4. The number of nitrogens with zero attached hydrogens (tertiary/aromatic N) is 2. The van der Waals surface area contributed by atoms with Gasteiger partial charge in [0.15, 0.2) is 5.72 Å². The number of hydrogen-bond donors (Lipinski definition) is 0. The van der Waals surface area contributed by atoms with E-state index in [9.17, 15) is 0 Å². The molecule has 0 unspecified atom stereocenters. The molecule has 0 aromatic carbocycles. The standard InChI is InChI=1S/C19H36N2O/c1-22-19(16-12-8-4-5-9-13-17-19)21-20-18-14-10-6-2-3-7-11-15-18/h18H,2-17H2,1H3/b21-20+. The van der Waals surface area contributed by atoms with Gasteiger partial charge in [0.05, 0.1) is 6.04 Å². The van der Waals surface area contributed by atoms with E-state index in [-0.39, 0.29) is 5.72 Å². The lowest BCUT2D eigenvalue weighted by Crippen LogP contribution is -2.29. The summed E-state index contributed by atoms with van der Waals surface area (Å²) in [6.07, 6.45) is 20.6. The van der Waals surface area contributed by atoms with Gasteiger partial charge < -0.3 is 4.74 Å². The smallest absolute Gasteiger partial charge is 0.178 e. The second kappa shape index (κ2) is 10.4. The maximum absolute atomic E-state index is 5.88. The Hall–Kier alpha value is -0.440. The Labute approximate surface area is 137 Å². The van der Waals surface area contributed by atoms with Gasteiger partial charge >= 0.3 is 0 Å². The zero-order valence-electron chi connectivity index (χ0n) is 14.7. The first-order chi connectivity index (χ1) is 10.8. The van der Waals surface area contributed by atoms with Crippen molar-refractivity contribution < 1.29 is 4.74 Å². The van der Waals surface area contributed by atoms with Crippen LogP contribution in [0.15, 0.2) is 10.2 Å². The molecule has 3 heteroatoms. The molecule has 0 aromatic heterocycles. The van der Waals surface area contributed by atoms with Crippen molar-refractivity contribution in [1.82, 2.24) is 0 Å². The van der Waals surface area contributed by atoms with Gasteiger partial charge in [-0.05, 0) is 38.5 Å². The maximum Gasteiger partial charge on any atom is 0.178 e. The fraction of sp³-hybridized carbons (Fsp3) is 1.00. The van der Waals surface area contributed by atoms with E-state index < -0.39 is 0 Å². The van der Waals surface area contributed by atoms with E-state index in [0.29, 0.717) is 6.04 Å². The molecule has 0 spiro atoms. The molecular weight excluding hydrogens is 272 g/mol. The van der Waals surface area contributed by atoms with E-state index >= 15 is 0 Å². The number of azo groups is 1. The Balaban J connectivity index is 1.94. The van der Waals surface area contributed by atoms with Crippen LogP contribution in [0, 0.1) is 0 Å². The van der Waals surface area contributed by atoms with Gasteiger partial charge in [-0.25, -0.2) is 0 Å². The minimum atomic E-state index is -0.317. The second-order valence-corrected chi connectivity index (χ2v) is 7.34. The Kier molecular flexibility index (Phi) is 8.43. The van der Waals surface area contributed by atoms with Gasteiger partial charge in [0.25, 0.3) is 0 Å². The first-order valence-electron chi connectivity index (χ1n) is 9.82. The van der Waals surface area contributed by atoms with Gasteiger partial charge in [0.1, 0.15) is 0 Å². The van der Waals surface area contributed by atoms with Crippen LogP contribution in [0.2, 0.25) is 0 Å². The summed E-state index contributed by atoms with van der Waals surface area (Å²) in [5.41, 5.74) is -0.317. The highest BCUT2D eigenvalue weighted by atomic mass is 16.5. The van der Waals surface area contributed by atoms with Crippen molar-refractivity contribution in [2.45, 2.75) is 114 Å². The van der Waals surface area contributed by atoms with Crippen molar-refractivity contribution in [3.8, 4) is 0 Å². The fourth-order valence-corrected chi connectivity index (χ4v) is 3.89. The van der Waals surface area contributed by atoms with Gasteiger partial charge in [-0.2, -0.15) is 10.2 Å². The van der Waals surface area contributed by atoms with E-state index in [1.165, 1.54) is 89.9 Å². The summed E-state index contributed by atoms with van der Waals surface area (Å²) in [5.74, 6) is 0. The molecule has 0 amide bonds. The number of ether oxygens (including phenoxy) is 1. The zero-order chi connectivity index (χ0) is 15.5. The van der Waals surface area contributed by atoms with Crippen LogP contribution in [0.25, 0.3) is 0 Å². The van der Waals surface area contributed by atoms with Gasteiger partial charge in [0.2, 0.25) is 0 Å². The van der Waals surface area contributed by atoms with Crippen molar-refractivity contribution in [2.24, 2.45) is 10.2 Å². The second-order valence-electron chi connectivity index (χ2n) is 7.34. The van der Waals surface area contributed by atoms with Gasteiger partial charge in [-0.1, -0.05) is 64.2 Å². The van der Waals surface area contributed by atoms with Crippen LogP contribution < -0.4 is 0 Å². The van der Waals surface area contributed by atoms with Crippen molar-refractivity contribution in [3.05, 3.63) is 0 Å². The third-order valence-corrected chi connectivity index (χ3v) is 5.49. The van der Waals surface area contributed by atoms with Gasteiger partial charge in [-0.15, -0.1) is 0 Å². The molecule has 2 aliphatic rings. The van der Waals surface area contributed by atoms with Crippen LogP contribution in [0.3, 0.4) is 0 Å². The highest BCUT2D eigenvalue weighted by Gasteiger charge is 2.29. The molecule has 0 aliphatic heterocycles. The van der Waals surface area contributed by atoms with Crippen molar-refractivity contribution in [3.63, 3.8) is 0 Å². The third-order valence-electron chi connectivity index (χ3n) is 5.49. The van der Waals surface area contributed by atoms with Gasteiger partial charge in [-0.3, -0.25) is 0 Å². The molecule has 22 heavy (non-hydrogen) atoms. The molecule has 0 atom stereocenters. The lowest BCUT2D eigenvalue weighted by Gasteiger charge is -2.27. The van der Waals surface area contributed by atoms with Crippen molar-refractivity contribution in [1.29, 1.82) is 0 Å². The molecule has 0 saturated heterocycles. The summed E-state index contributed by atoms with van der Waals surface area (Å²) in [4.78, 5) is 0. The summed E-state index contributed by atoms with van der Waals surface area (Å²) >= 11 is 0. The fourth-order valence-electron chi connectivity index (χ4n) is 3.89. The minimum absolute atomic E-state index is 0.317. The van der Waals surface area contributed by atoms with Crippen LogP contribution in [0.1, 0.15) is 103 Å². The van der Waals surface area contributed by atoms with E-state index in [4.69, 9.17) is 15.0 Å².